The number of hydrogen-bond donors (Lipinski definition) is 4. The van der Waals surface area contributed by atoms with Gasteiger partial charge < -0.3 is 21.5 Å². The molecule has 0 aliphatic rings. The first kappa shape index (κ1) is 13.7. The summed E-state index contributed by atoms with van der Waals surface area (Å²) in [4.78, 5) is 16.2. The van der Waals surface area contributed by atoms with Gasteiger partial charge in [0.05, 0.1) is 0 Å². The van der Waals surface area contributed by atoms with Crippen molar-refractivity contribution < 1.29 is 9.90 Å². The van der Waals surface area contributed by atoms with Crippen molar-refractivity contribution in [2.24, 2.45) is 5.92 Å². The van der Waals surface area contributed by atoms with Gasteiger partial charge in [-0.1, -0.05) is 18.3 Å². The van der Waals surface area contributed by atoms with E-state index in [-0.39, 0.29) is 24.2 Å². The van der Waals surface area contributed by atoms with Gasteiger partial charge in [-0.15, -0.1) is 0 Å². The number of rotatable bonds is 6. The lowest BCUT2D eigenvalue weighted by Gasteiger charge is -2.10. The predicted octanol–water partition coefficient (Wildman–Crippen LogP) is 0.515. The summed E-state index contributed by atoms with van der Waals surface area (Å²) in [7, 11) is 1.73. The molecule has 5 N–H and O–H groups in total. The first-order valence-corrected chi connectivity index (χ1v) is 6.23. The van der Waals surface area contributed by atoms with E-state index in [1.807, 2.05) is 6.92 Å². The molecule has 7 heteroatoms. The molecule has 0 saturated heterocycles. The van der Waals surface area contributed by atoms with Crippen LogP contribution in [0.5, 0.6) is 0 Å². The Balaban J connectivity index is 2.54. The van der Waals surface area contributed by atoms with E-state index < -0.39 is 0 Å². The fourth-order valence-corrected chi connectivity index (χ4v) is 2.03. The molecule has 1 rings (SSSR count). The number of carbonyl (C=O) groups is 1. The highest BCUT2D eigenvalue weighted by Gasteiger charge is 2.15. The summed E-state index contributed by atoms with van der Waals surface area (Å²) >= 11 is 1.22. The average molecular weight is 258 g/mol. The first-order valence-electron chi connectivity index (χ1n) is 5.41. The standard InChI is InChI=1S/C10H18N4O2S/c1-6(3-4-15)5-13-9(16)7-8(11)14-10(12-2)17-7/h6,15H,3-5,11H2,1-2H3,(H,12,14)(H,13,16). The van der Waals surface area contributed by atoms with Gasteiger partial charge in [0.25, 0.3) is 5.91 Å². The zero-order chi connectivity index (χ0) is 12.8. The van der Waals surface area contributed by atoms with E-state index in [1.54, 1.807) is 7.05 Å². The van der Waals surface area contributed by atoms with E-state index in [0.717, 1.165) is 0 Å². The first-order chi connectivity index (χ1) is 8.08. The van der Waals surface area contributed by atoms with Crippen molar-refractivity contribution in [1.29, 1.82) is 0 Å². The van der Waals surface area contributed by atoms with Gasteiger partial charge in [-0.05, 0) is 12.3 Å². The van der Waals surface area contributed by atoms with Crippen LogP contribution in [0, 0.1) is 5.92 Å². The molecule has 96 valence electrons. The highest BCUT2D eigenvalue weighted by Crippen LogP contribution is 2.24. The van der Waals surface area contributed by atoms with Crippen LogP contribution in [0.25, 0.3) is 0 Å². The fourth-order valence-electron chi connectivity index (χ4n) is 1.27. The third-order valence-electron chi connectivity index (χ3n) is 2.31. The second-order valence-electron chi connectivity index (χ2n) is 3.81. The monoisotopic (exact) mass is 258 g/mol. The van der Waals surface area contributed by atoms with Crippen molar-refractivity contribution >= 4 is 28.2 Å². The largest absolute Gasteiger partial charge is 0.396 e. The van der Waals surface area contributed by atoms with Gasteiger partial charge in [0.2, 0.25) is 0 Å². The van der Waals surface area contributed by atoms with Gasteiger partial charge in [-0.25, -0.2) is 4.98 Å². The number of aromatic nitrogens is 1. The Kier molecular flexibility index (Phi) is 5.17. The maximum atomic E-state index is 11.8. The molecular weight excluding hydrogens is 240 g/mol. The van der Waals surface area contributed by atoms with Crippen LogP contribution >= 0.6 is 11.3 Å². The van der Waals surface area contributed by atoms with Gasteiger partial charge in [0.1, 0.15) is 10.7 Å². The molecule has 1 atom stereocenters. The lowest BCUT2D eigenvalue weighted by molar-refractivity contribution is 0.0950. The van der Waals surface area contributed by atoms with Crippen molar-refractivity contribution in [2.45, 2.75) is 13.3 Å². The number of carbonyl (C=O) groups excluding carboxylic acids is 1. The Hall–Kier alpha value is -1.34. The molecule has 0 aromatic carbocycles. The molecule has 17 heavy (non-hydrogen) atoms. The molecule has 1 aromatic rings. The van der Waals surface area contributed by atoms with Crippen LogP contribution < -0.4 is 16.4 Å². The van der Waals surface area contributed by atoms with Crippen LogP contribution in [0.15, 0.2) is 0 Å². The van der Waals surface area contributed by atoms with E-state index in [0.29, 0.717) is 23.0 Å². The molecular formula is C10H18N4O2S. The molecule has 1 amide bonds. The number of aliphatic hydroxyl groups is 1. The Morgan fingerprint density at radius 1 is 1.65 bits per heavy atom. The molecule has 1 heterocycles. The fraction of sp³-hybridized carbons (Fsp3) is 0.600. The lowest BCUT2D eigenvalue weighted by atomic mass is 10.1. The summed E-state index contributed by atoms with van der Waals surface area (Å²) in [5.41, 5.74) is 5.64. The Labute approximate surface area is 104 Å². The van der Waals surface area contributed by atoms with Crippen molar-refractivity contribution in [1.82, 2.24) is 10.3 Å². The molecule has 0 aliphatic carbocycles. The minimum atomic E-state index is -0.216. The molecule has 0 radical (unpaired) electrons. The number of aliphatic hydroxyl groups excluding tert-OH is 1. The molecule has 1 aromatic heterocycles. The summed E-state index contributed by atoms with van der Waals surface area (Å²) in [5, 5.41) is 15.0. The Morgan fingerprint density at radius 2 is 2.35 bits per heavy atom. The summed E-state index contributed by atoms with van der Waals surface area (Å²) in [6.07, 6.45) is 0.667. The van der Waals surface area contributed by atoms with Gasteiger partial charge in [0.15, 0.2) is 5.13 Å². The third kappa shape index (κ3) is 3.86. The number of nitrogen functional groups attached to an aromatic ring is 1. The number of nitrogens with zero attached hydrogens (tertiary/aromatic N) is 1. The summed E-state index contributed by atoms with van der Waals surface area (Å²) in [6, 6.07) is 0. The van der Waals surface area contributed by atoms with E-state index in [2.05, 4.69) is 15.6 Å². The van der Waals surface area contributed by atoms with Gasteiger partial charge >= 0.3 is 0 Å². The smallest absolute Gasteiger partial charge is 0.265 e. The number of anilines is 2. The predicted molar refractivity (Wildman–Crippen MR) is 69.3 cm³/mol. The van der Waals surface area contributed by atoms with Crippen LogP contribution in [0.4, 0.5) is 10.9 Å². The van der Waals surface area contributed by atoms with Crippen LogP contribution in [-0.4, -0.2) is 36.2 Å². The minimum Gasteiger partial charge on any atom is -0.396 e. The number of amides is 1. The number of thiazole rings is 1. The van der Waals surface area contributed by atoms with Gasteiger partial charge in [-0.2, -0.15) is 0 Å². The van der Waals surface area contributed by atoms with Crippen molar-refractivity contribution in [3.05, 3.63) is 4.88 Å². The molecule has 0 saturated carbocycles. The van der Waals surface area contributed by atoms with E-state index in [1.165, 1.54) is 11.3 Å². The average Bonchev–Trinajstić information content (AvgIpc) is 2.68. The summed E-state index contributed by atoms with van der Waals surface area (Å²) in [5.74, 6) is 0.264. The maximum absolute atomic E-state index is 11.8. The van der Waals surface area contributed by atoms with Crippen LogP contribution in [-0.2, 0) is 0 Å². The lowest BCUT2D eigenvalue weighted by Crippen LogP contribution is -2.28. The van der Waals surface area contributed by atoms with Crippen molar-refractivity contribution in [3.63, 3.8) is 0 Å². The second-order valence-corrected chi connectivity index (χ2v) is 4.81. The normalized spacial score (nSPS) is 12.2. The van der Waals surface area contributed by atoms with E-state index >= 15 is 0 Å². The molecule has 1 unspecified atom stereocenters. The second kappa shape index (κ2) is 6.41. The number of hydrogen-bond acceptors (Lipinski definition) is 6. The third-order valence-corrected chi connectivity index (χ3v) is 3.39. The van der Waals surface area contributed by atoms with Crippen LogP contribution in [0.2, 0.25) is 0 Å². The van der Waals surface area contributed by atoms with Crippen molar-refractivity contribution in [2.75, 3.05) is 31.2 Å². The molecule has 0 aliphatic heterocycles. The molecule has 0 spiro atoms. The zero-order valence-electron chi connectivity index (χ0n) is 9.99. The highest BCUT2D eigenvalue weighted by molar-refractivity contribution is 7.18. The molecule has 6 nitrogen and oxygen atoms in total. The number of nitrogens with two attached hydrogens (primary N) is 1. The quantitative estimate of drug-likeness (QED) is 0.596. The number of nitrogens with one attached hydrogen (secondary N) is 2. The summed E-state index contributed by atoms with van der Waals surface area (Å²) in [6.45, 7) is 2.61. The molecule has 0 bridgehead atoms. The van der Waals surface area contributed by atoms with Crippen LogP contribution in [0.3, 0.4) is 0 Å². The van der Waals surface area contributed by atoms with Crippen molar-refractivity contribution in [3.8, 4) is 0 Å². The molecule has 0 fully saturated rings. The maximum Gasteiger partial charge on any atom is 0.265 e. The van der Waals surface area contributed by atoms with E-state index in [9.17, 15) is 4.79 Å². The zero-order valence-corrected chi connectivity index (χ0v) is 10.8. The SMILES string of the molecule is CNc1nc(N)c(C(=O)NCC(C)CCO)s1. The van der Waals surface area contributed by atoms with Crippen LogP contribution in [0.1, 0.15) is 23.0 Å². The Morgan fingerprint density at radius 3 is 2.88 bits per heavy atom. The summed E-state index contributed by atoms with van der Waals surface area (Å²) < 4.78 is 0. The van der Waals surface area contributed by atoms with Gasteiger partial charge in [-0.3, -0.25) is 4.79 Å². The minimum absolute atomic E-state index is 0.129. The van der Waals surface area contributed by atoms with Gasteiger partial charge in [0, 0.05) is 20.2 Å². The highest BCUT2D eigenvalue weighted by atomic mass is 32.1. The topological polar surface area (TPSA) is 100 Å². The Bertz CT molecular complexity index is 380. The van der Waals surface area contributed by atoms with E-state index in [4.69, 9.17) is 10.8 Å².